The molecular formula is C13H26O3. The monoisotopic (exact) mass is 230 g/mol. The standard InChI is InChI=1S/C13H26O3/c1-12(2)16-13(15)10-8-6-4-3-5-7-9-11-14/h12,14H,3-11H2,1-2H3. The summed E-state index contributed by atoms with van der Waals surface area (Å²) in [6.07, 6.45) is 8.21. The van der Waals surface area contributed by atoms with Crippen molar-refractivity contribution in [1.29, 1.82) is 0 Å². The first kappa shape index (κ1) is 15.4. The first-order chi connectivity index (χ1) is 7.66. The molecule has 0 amide bonds. The van der Waals surface area contributed by atoms with E-state index < -0.39 is 0 Å². The molecule has 0 aromatic rings. The number of esters is 1. The molecule has 0 saturated heterocycles. The van der Waals surface area contributed by atoms with Gasteiger partial charge in [-0.05, 0) is 26.7 Å². The van der Waals surface area contributed by atoms with Gasteiger partial charge in [-0.3, -0.25) is 4.79 Å². The molecule has 0 unspecified atom stereocenters. The highest BCUT2D eigenvalue weighted by atomic mass is 16.5. The fourth-order valence-corrected chi connectivity index (χ4v) is 1.59. The van der Waals surface area contributed by atoms with Crippen LogP contribution in [0.25, 0.3) is 0 Å². The highest BCUT2D eigenvalue weighted by molar-refractivity contribution is 5.69. The number of ether oxygens (including phenoxy) is 1. The molecule has 1 N–H and O–H groups in total. The number of carbonyl (C=O) groups is 1. The smallest absolute Gasteiger partial charge is 0.306 e. The molecule has 3 nitrogen and oxygen atoms in total. The van der Waals surface area contributed by atoms with Gasteiger partial charge in [0.15, 0.2) is 0 Å². The second-order valence-electron chi connectivity index (χ2n) is 4.49. The second kappa shape index (κ2) is 10.9. The van der Waals surface area contributed by atoms with Crippen molar-refractivity contribution in [1.82, 2.24) is 0 Å². The summed E-state index contributed by atoms with van der Waals surface area (Å²) in [6.45, 7) is 4.05. The van der Waals surface area contributed by atoms with Gasteiger partial charge in [0.05, 0.1) is 6.10 Å². The SMILES string of the molecule is CC(C)OC(=O)CCCCCCCCCO. The summed E-state index contributed by atoms with van der Waals surface area (Å²) in [7, 11) is 0. The molecule has 0 aliphatic heterocycles. The highest BCUT2D eigenvalue weighted by Crippen LogP contribution is 2.09. The Morgan fingerprint density at radius 2 is 1.50 bits per heavy atom. The van der Waals surface area contributed by atoms with Crippen LogP contribution in [0.1, 0.15) is 65.2 Å². The predicted octanol–water partition coefficient (Wildman–Crippen LogP) is 3.05. The molecule has 0 heterocycles. The minimum absolute atomic E-state index is 0.00554. The van der Waals surface area contributed by atoms with Gasteiger partial charge in [-0.15, -0.1) is 0 Å². The first-order valence-electron chi connectivity index (χ1n) is 6.47. The Hall–Kier alpha value is -0.570. The van der Waals surface area contributed by atoms with E-state index in [-0.39, 0.29) is 12.1 Å². The number of hydrogen-bond donors (Lipinski definition) is 1. The van der Waals surface area contributed by atoms with E-state index >= 15 is 0 Å². The maximum atomic E-state index is 11.2. The van der Waals surface area contributed by atoms with E-state index in [9.17, 15) is 4.79 Å². The van der Waals surface area contributed by atoms with Crippen LogP contribution in [0.3, 0.4) is 0 Å². The van der Waals surface area contributed by atoms with Crippen LogP contribution in [0.4, 0.5) is 0 Å². The molecule has 0 bridgehead atoms. The molecule has 0 spiro atoms. The summed E-state index contributed by atoms with van der Waals surface area (Å²) in [5.41, 5.74) is 0. The quantitative estimate of drug-likeness (QED) is 0.463. The van der Waals surface area contributed by atoms with Gasteiger partial charge in [0.1, 0.15) is 0 Å². The number of aliphatic hydroxyl groups is 1. The number of unbranched alkanes of at least 4 members (excludes halogenated alkanes) is 6. The van der Waals surface area contributed by atoms with Crippen molar-refractivity contribution in [3.05, 3.63) is 0 Å². The number of carbonyl (C=O) groups excluding carboxylic acids is 1. The third kappa shape index (κ3) is 11.5. The Labute approximate surface area is 99.2 Å². The maximum Gasteiger partial charge on any atom is 0.306 e. The second-order valence-corrected chi connectivity index (χ2v) is 4.49. The van der Waals surface area contributed by atoms with Crippen LogP contribution in [0, 0.1) is 0 Å². The topological polar surface area (TPSA) is 46.5 Å². The Balaban J connectivity index is 3.11. The van der Waals surface area contributed by atoms with Crippen molar-refractivity contribution in [2.75, 3.05) is 6.61 Å². The zero-order valence-electron chi connectivity index (χ0n) is 10.7. The lowest BCUT2D eigenvalue weighted by atomic mass is 10.1. The van der Waals surface area contributed by atoms with Crippen molar-refractivity contribution < 1.29 is 14.6 Å². The third-order valence-electron chi connectivity index (χ3n) is 2.41. The fourth-order valence-electron chi connectivity index (χ4n) is 1.59. The van der Waals surface area contributed by atoms with E-state index in [1.807, 2.05) is 13.8 Å². The highest BCUT2D eigenvalue weighted by Gasteiger charge is 2.04. The van der Waals surface area contributed by atoms with Crippen LogP contribution in [0.2, 0.25) is 0 Å². The van der Waals surface area contributed by atoms with E-state index in [4.69, 9.17) is 9.84 Å². The zero-order valence-corrected chi connectivity index (χ0v) is 10.7. The van der Waals surface area contributed by atoms with Crippen molar-refractivity contribution in [3.8, 4) is 0 Å². The average molecular weight is 230 g/mol. The normalized spacial score (nSPS) is 10.8. The third-order valence-corrected chi connectivity index (χ3v) is 2.41. The number of rotatable bonds is 10. The Morgan fingerprint density at radius 3 is 2.00 bits per heavy atom. The number of aliphatic hydroxyl groups excluding tert-OH is 1. The number of hydrogen-bond acceptors (Lipinski definition) is 3. The van der Waals surface area contributed by atoms with Gasteiger partial charge in [0, 0.05) is 13.0 Å². The van der Waals surface area contributed by atoms with Gasteiger partial charge >= 0.3 is 5.97 Å². The van der Waals surface area contributed by atoms with Crippen molar-refractivity contribution >= 4 is 5.97 Å². The lowest BCUT2D eigenvalue weighted by Gasteiger charge is -2.07. The first-order valence-corrected chi connectivity index (χ1v) is 6.47. The van der Waals surface area contributed by atoms with Gasteiger partial charge in [0.2, 0.25) is 0 Å². The van der Waals surface area contributed by atoms with Crippen molar-refractivity contribution in [2.45, 2.75) is 71.3 Å². The average Bonchev–Trinajstić information content (AvgIpc) is 2.21. The summed E-state index contributed by atoms with van der Waals surface area (Å²) in [5.74, 6) is -0.0738. The molecule has 96 valence electrons. The summed E-state index contributed by atoms with van der Waals surface area (Å²) < 4.78 is 5.04. The van der Waals surface area contributed by atoms with Crippen LogP contribution in [0.15, 0.2) is 0 Å². The van der Waals surface area contributed by atoms with Crippen LogP contribution in [-0.2, 0) is 9.53 Å². The molecule has 16 heavy (non-hydrogen) atoms. The largest absolute Gasteiger partial charge is 0.463 e. The molecule has 0 aromatic heterocycles. The van der Waals surface area contributed by atoms with E-state index in [2.05, 4.69) is 0 Å². The molecule has 0 atom stereocenters. The van der Waals surface area contributed by atoms with Crippen LogP contribution < -0.4 is 0 Å². The lowest BCUT2D eigenvalue weighted by Crippen LogP contribution is -2.10. The molecule has 0 radical (unpaired) electrons. The molecule has 0 aliphatic carbocycles. The Bertz CT molecular complexity index is 167. The fraction of sp³-hybridized carbons (Fsp3) is 0.923. The van der Waals surface area contributed by atoms with E-state index in [1.165, 1.54) is 19.3 Å². The Morgan fingerprint density at radius 1 is 1.00 bits per heavy atom. The van der Waals surface area contributed by atoms with Crippen LogP contribution in [0.5, 0.6) is 0 Å². The zero-order chi connectivity index (χ0) is 12.2. The summed E-state index contributed by atoms with van der Waals surface area (Å²) >= 11 is 0. The summed E-state index contributed by atoms with van der Waals surface area (Å²) in [6, 6.07) is 0. The van der Waals surface area contributed by atoms with E-state index in [1.54, 1.807) is 0 Å². The molecule has 0 aromatic carbocycles. The van der Waals surface area contributed by atoms with Gasteiger partial charge < -0.3 is 9.84 Å². The van der Waals surface area contributed by atoms with Crippen LogP contribution in [-0.4, -0.2) is 23.8 Å². The van der Waals surface area contributed by atoms with E-state index in [0.29, 0.717) is 13.0 Å². The van der Waals surface area contributed by atoms with Gasteiger partial charge in [-0.25, -0.2) is 0 Å². The Kier molecular flexibility index (Phi) is 10.5. The molecule has 0 fully saturated rings. The molecule has 0 saturated carbocycles. The van der Waals surface area contributed by atoms with Gasteiger partial charge in [-0.2, -0.15) is 0 Å². The van der Waals surface area contributed by atoms with Crippen molar-refractivity contribution in [2.24, 2.45) is 0 Å². The molecule has 0 aliphatic rings. The van der Waals surface area contributed by atoms with Crippen molar-refractivity contribution in [3.63, 3.8) is 0 Å². The summed E-state index contributed by atoms with van der Waals surface area (Å²) in [4.78, 5) is 11.2. The molecular weight excluding hydrogens is 204 g/mol. The summed E-state index contributed by atoms with van der Waals surface area (Å²) in [5, 5.41) is 8.59. The maximum absolute atomic E-state index is 11.2. The molecule has 0 rings (SSSR count). The van der Waals surface area contributed by atoms with Crippen LogP contribution >= 0.6 is 0 Å². The van der Waals surface area contributed by atoms with E-state index in [0.717, 1.165) is 25.7 Å². The lowest BCUT2D eigenvalue weighted by molar-refractivity contribution is -0.147. The minimum atomic E-state index is -0.0738. The predicted molar refractivity (Wildman–Crippen MR) is 65.2 cm³/mol. The minimum Gasteiger partial charge on any atom is -0.463 e. The van der Waals surface area contributed by atoms with Gasteiger partial charge in [0.25, 0.3) is 0 Å². The molecule has 3 heteroatoms. The van der Waals surface area contributed by atoms with Gasteiger partial charge in [-0.1, -0.05) is 32.1 Å².